The Hall–Kier alpha value is -1.88. The average molecular weight is 279 g/mol. The monoisotopic (exact) mass is 279 g/mol. The van der Waals surface area contributed by atoms with Crippen molar-refractivity contribution in [2.45, 2.75) is 32.4 Å². The van der Waals surface area contributed by atoms with Crippen molar-refractivity contribution in [1.29, 1.82) is 0 Å². The number of carbonyl (C=O) groups is 2. The van der Waals surface area contributed by atoms with E-state index in [1.165, 1.54) is 7.11 Å². The molecule has 0 saturated carbocycles. The zero-order valence-corrected chi connectivity index (χ0v) is 12.3. The summed E-state index contributed by atoms with van der Waals surface area (Å²) < 4.78 is 10.1. The van der Waals surface area contributed by atoms with Crippen molar-refractivity contribution in [3.05, 3.63) is 35.9 Å². The fourth-order valence-corrected chi connectivity index (χ4v) is 1.62. The minimum absolute atomic E-state index is 0.105. The Morgan fingerprint density at radius 3 is 2.30 bits per heavy atom. The van der Waals surface area contributed by atoms with Gasteiger partial charge in [0.1, 0.15) is 12.2 Å². The van der Waals surface area contributed by atoms with Crippen molar-refractivity contribution in [3.63, 3.8) is 0 Å². The van der Waals surface area contributed by atoms with Gasteiger partial charge in [-0.3, -0.25) is 4.79 Å². The van der Waals surface area contributed by atoms with Gasteiger partial charge < -0.3 is 14.8 Å². The molecule has 1 rings (SSSR count). The van der Waals surface area contributed by atoms with Crippen LogP contribution >= 0.6 is 0 Å². The molecule has 110 valence electrons. The molecule has 5 heteroatoms. The van der Waals surface area contributed by atoms with Crippen molar-refractivity contribution in [1.82, 2.24) is 5.32 Å². The van der Waals surface area contributed by atoms with E-state index in [4.69, 9.17) is 9.47 Å². The van der Waals surface area contributed by atoms with Crippen LogP contribution < -0.4 is 5.32 Å². The molecule has 0 fully saturated rings. The molecule has 1 aromatic carbocycles. The number of rotatable bonds is 5. The summed E-state index contributed by atoms with van der Waals surface area (Å²) in [5.41, 5.74) is 0.0574. The van der Waals surface area contributed by atoms with Crippen LogP contribution in [0, 0.1) is 0 Å². The Balaban J connectivity index is 2.90. The van der Waals surface area contributed by atoms with Gasteiger partial charge in [-0.05, 0) is 26.3 Å². The number of esters is 1. The van der Waals surface area contributed by atoms with E-state index in [0.29, 0.717) is 5.56 Å². The second-order valence-electron chi connectivity index (χ2n) is 5.38. The van der Waals surface area contributed by atoms with Gasteiger partial charge in [-0.25, -0.2) is 4.79 Å². The van der Waals surface area contributed by atoms with Crippen LogP contribution in [0.3, 0.4) is 0 Å². The second kappa shape index (κ2) is 7.05. The molecule has 0 spiro atoms. The quantitative estimate of drug-likeness (QED) is 0.835. The lowest BCUT2D eigenvalue weighted by Crippen LogP contribution is -2.39. The Bertz CT molecular complexity index is 451. The van der Waals surface area contributed by atoms with Crippen molar-refractivity contribution in [3.8, 4) is 0 Å². The van der Waals surface area contributed by atoms with E-state index >= 15 is 0 Å². The number of benzene rings is 1. The van der Waals surface area contributed by atoms with Gasteiger partial charge in [-0.2, -0.15) is 0 Å². The Kier molecular flexibility index (Phi) is 5.70. The van der Waals surface area contributed by atoms with Crippen LogP contribution in [0.1, 0.15) is 32.4 Å². The molecule has 0 aromatic heterocycles. The Labute approximate surface area is 119 Å². The van der Waals surface area contributed by atoms with E-state index in [2.05, 4.69) is 5.32 Å². The first-order valence-corrected chi connectivity index (χ1v) is 6.39. The molecule has 1 aromatic rings. The van der Waals surface area contributed by atoms with Gasteiger partial charge in [-0.15, -0.1) is 0 Å². The highest BCUT2D eigenvalue weighted by Crippen LogP contribution is 2.18. The molecule has 1 amide bonds. The maximum absolute atomic E-state index is 12.2. The minimum Gasteiger partial charge on any atom is -0.458 e. The van der Waals surface area contributed by atoms with Crippen LogP contribution in [0.25, 0.3) is 0 Å². The van der Waals surface area contributed by atoms with Gasteiger partial charge in [0.2, 0.25) is 5.91 Å². The van der Waals surface area contributed by atoms with E-state index in [0.717, 1.165) is 0 Å². The standard InChI is InChI=1S/C15H21NO4/c1-15(2,3)20-14(18)13(16-12(17)10-19-4)11-8-6-5-7-9-11/h5-9,13H,10H2,1-4H3,(H,16,17)/t13-/m0/s1. The Morgan fingerprint density at radius 2 is 1.80 bits per heavy atom. The molecule has 0 radical (unpaired) electrons. The van der Waals surface area contributed by atoms with E-state index < -0.39 is 17.6 Å². The van der Waals surface area contributed by atoms with E-state index in [1.54, 1.807) is 45.0 Å². The van der Waals surface area contributed by atoms with Gasteiger partial charge in [0, 0.05) is 7.11 Å². The zero-order chi connectivity index (χ0) is 15.2. The number of hydrogen-bond donors (Lipinski definition) is 1. The summed E-state index contributed by atoms with van der Waals surface area (Å²) in [4.78, 5) is 23.9. The van der Waals surface area contributed by atoms with Gasteiger partial charge in [0.05, 0.1) is 0 Å². The molecule has 0 unspecified atom stereocenters. The molecule has 0 aliphatic carbocycles. The molecule has 0 bridgehead atoms. The molecule has 5 nitrogen and oxygen atoms in total. The number of carbonyl (C=O) groups excluding carboxylic acids is 2. The summed E-state index contributed by atoms with van der Waals surface area (Å²) in [5, 5.41) is 2.62. The lowest BCUT2D eigenvalue weighted by molar-refractivity contribution is -0.159. The fourth-order valence-electron chi connectivity index (χ4n) is 1.62. The van der Waals surface area contributed by atoms with E-state index in [-0.39, 0.29) is 12.5 Å². The molecule has 20 heavy (non-hydrogen) atoms. The van der Waals surface area contributed by atoms with Gasteiger partial charge >= 0.3 is 5.97 Å². The topological polar surface area (TPSA) is 64.6 Å². The lowest BCUT2D eigenvalue weighted by Gasteiger charge is -2.24. The molecule has 0 heterocycles. The molecule has 1 atom stereocenters. The third-order valence-corrected chi connectivity index (χ3v) is 2.36. The van der Waals surface area contributed by atoms with Crippen LogP contribution in [0.15, 0.2) is 30.3 Å². The molecular formula is C15H21NO4. The van der Waals surface area contributed by atoms with Crippen LogP contribution in [-0.2, 0) is 19.1 Å². The van der Waals surface area contributed by atoms with Crippen molar-refractivity contribution in [2.24, 2.45) is 0 Å². The first kappa shape index (κ1) is 16.2. The maximum atomic E-state index is 12.2. The highest BCUT2D eigenvalue weighted by Gasteiger charge is 2.27. The first-order valence-electron chi connectivity index (χ1n) is 6.39. The highest BCUT2D eigenvalue weighted by atomic mass is 16.6. The molecule has 0 saturated heterocycles. The summed E-state index contributed by atoms with van der Waals surface area (Å²) >= 11 is 0. The molecule has 0 aliphatic heterocycles. The number of amides is 1. The van der Waals surface area contributed by atoms with Crippen molar-refractivity contribution < 1.29 is 19.1 Å². The zero-order valence-electron chi connectivity index (χ0n) is 12.3. The third kappa shape index (κ3) is 5.40. The van der Waals surface area contributed by atoms with Gasteiger partial charge in [0.15, 0.2) is 6.04 Å². The normalized spacial score (nSPS) is 12.6. The van der Waals surface area contributed by atoms with E-state index in [1.807, 2.05) is 6.07 Å². The number of methoxy groups -OCH3 is 1. The van der Waals surface area contributed by atoms with Gasteiger partial charge in [-0.1, -0.05) is 30.3 Å². The summed E-state index contributed by atoms with van der Waals surface area (Å²) in [5.74, 6) is -0.861. The van der Waals surface area contributed by atoms with Crippen LogP contribution in [0.2, 0.25) is 0 Å². The maximum Gasteiger partial charge on any atom is 0.333 e. The summed E-state index contributed by atoms with van der Waals surface area (Å²) in [6.07, 6.45) is 0. The number of ether oxygens (including phenoxy) is 2. The van der Waals surface area contributed by atoms with Crippen LogP contribution in [0.5, 0.6) is 0 Å². The van der Waals surface area contributed by atoms with Crippen molar-refractivity contribution in [2.75, 3.05) is 13.7 Å². The van der Waals surface area contributed by atoms with Gasteiger partial charge in [0.25, 0.3) is 0 Å². The van der Waals surface area contributed by atoms with E-state index in [9.17, 15) is 9.59 Å². The van der Waals surface area contributed by atoms with Crippen LogP contribution in [-0.4, -0.2) is 31.2 Å². The van der Waals surface area contributed by atoms with Crippen LogP contribution in [0.4, 0.5) is 0 Å². The average Bonchev–Trinajstić information content (AvgIpc) is 2.35. The minimum atomic E-state index is -0.835. The largest absolute Gasteiger partial charge is 0.458 e. The first-order chi connectivity index (χ1) is 9.33. The third-order valence-electron chi connectivity index (χ3n) is 2.36. The van der Waals surface area contributed by atoms with Crippen molar-refractivity contribution >= 4 is 11.9 Å². The number of hydrogen-bond acceptors (Lipinski definition) is 4. The summed E-state index contributed by atoms with van der Waals surface area (Å²) in [6, 6.07) is 8.14. The lowest BCUT2D eigenvalue weighted by atomic mass is 10.1. The molecular weight excluding hydrogens is 258 g/mol. The summed E-state index contributed by atoms with van der Waals surface area (Å²) in [6.45, 7) is 5.24. The SMILES string of the molecule is COCC(=O)N[C@H](C(=O)OC(C)(C)C)c1ccccc1. The molecule has 0 aliphatic rings. The predicted octanol–water partition coefficient (Wildman–Crippen LogP) is 1.83. The summed E-state index contributed by atoms with van der Waals surface area (Å²) in [7, 11) is 1.42. The Morgan fingerprint density at radius 1 is 1.20 bits per heavy atom. The number of nitrogens with one attached hydrogen (secondary N) is 1. The fraction of sp³-hybridized carbons (Fsp3) is 0.467. The molecule has 1 N–H and O–H groups in total. The highest BCUT2D eigenvalue weighted by molar-refractivity contribution is 5.86. The smallest absolute Gasteiger partial charge is 0.333 e. The second-order valence-corrected chi connectivity index (χ2v) is 5.38. The predicted molar refractivity (Wildman–Crippen MR) is 75.0 cm³/mol.